The van der Waals surface area contributed by atoms with Crippen molar-refractivity contribution in [3.05, 3.63) is 65.7 Å². The number of nitrogens with zero attached hydrogens (tertiary/aromatic N) is 3. The maximum atomic E-state index is 12.8. The van der Waals surface area contributed by atoms with Gasteiger partial charge in [0.15, 0.2) is 21.3 Å². The molecular formula is C21H18N4O4S2. The smallest absolute Gasteiger partial charge is 0.279 e. The molecule has 4 aromatic rings. The molecule has 0 spiro atoms. The van der Waals surface area contributed by atoms with Crippen molar-refractivity contribution in [3.8, 4) is 21.9 Å². The number of carbonyl (C=O) groups is 1. The zero-order chi connectivity index (χ0) is 21.4. The first kappa shape index (κ1) is 19.7. The molecule has 0 radical (unpaired) electrons. The molecule has 3 aromatic heterocycles. The summed E-state index contributed by atoms with van der Waals surface area (Å²) >= 11 is 1.49. The first-order valence-electron chi connectivity index (χ1n) is 9.66. The molecule has 0 bridgehead atoms. The second-order valence-corrected chi connectivity index (χ2v) is 10.5. The highest BCUT2D eigenvalue weighted by Crippen LogP contribution is 2.31. The predicted molar refractivity (Wildman–Crippen MR) is 118 cm³/mol. The third-order valence-electron chi connectivity index (χ3n) is 5.11. The van der Waals surface area contributed by atoms with Crippen LogP contribution >= 0.6 is 11.3 Å². The lowest BCUT2D eigenvalue weighted by atomic mass is 10.1. The number of benzene rings is 1. The van der Waals surface area contributed by atoms with Crippen LogP contribution in [0.2, 0.25) is 0 Å². The van der Waals surface area contributed by atoms with E-state index in [0.717, 1.165) is 10.4 Å². The summed E-state index contributed by atoms with van der Waals surface area (Å²) in [6, 6.07) is 16.3. The Hall–Kier alpha value is -3.24. The summed E-state index contributed by atoms with van der Waals surface area (Å²) in [4.78, 5) is 13.7. The van der Waals surface area contributed by atoms with E-state index >= 15 is 0 Å². The minimum atomic E-state index is -3.12. The number of carbonyl (C=O) groups excluding carboxylic acids is 1. The second kappa shape index (κ2) is 7.78. The minimum Gasteiger partial charge on any atom is -0.355 e. The van der Waals surface area contributed by atoms with Gasteiger partial charge in [-0.2, -0.15) is 5.10 Å². The molecular weight excluding hydrogens is 436 g/mol. The summed E-state index contributed by atoms with van der Waals surface area (Å²) < 4.78 is 30.9. The van der Waals surface area contributed by atoms with Gasteiger partial charge in [0.25, 0.3) is 5.91 Å². The Kier molecular flexibility index (Phi) is 4.95. The molecule has 1 aliphatic rings. The quantitative estimate of drug-likeness (QED) is 0.490. The molecule has 4 heterocycles. The van der Waals surface area contributed by atoms with Crippen LogP contribution in [-0.4, -0.2) is 40.8 Å². The summed E-state index contributed by atoms with van der Waals surface area (Å²) in [6.07, 6.45) is 0.452. The van der Waals surface area contributed by atoms with Crippen LogP contribution in [0.3, 0.4) is 0 Å². The fourth-order valence-electron chi connectivity index (χ4n) is 3.58. The molecule has 31 heavy (non-hydrogen) atoms. The summed E-state index contributed by atoms with van der Waals surface area (Å²) in [7, 11) is -3.12. The maximum absolute atomic E-state index is 12.8. The summed E-state index contributed by atoms with van der Waals surface area (Å²) in [5.41, 5.74) is 1.66. The van der Waals surface area contributed by atoms with E-state index in [1.807, 2.05) is 47.8 Å². The van der Waals surface area contributed by atoms with Crippen molar-refractivity contribution < 1.29 is 17.7 Å². The number of sulfone groups is 1. The van der Waals surface area contributed by atoms with Crippen LogP contribution in [0.5, 0.6) is 0 Å². The Morgan fingerprint density at radius 1 is 1.16 bits per heavy atom. The first-order chi connectivity index (χ1) is 15.0. The molecule has 10 heteroatoms. The van der Waals surface area contributed by atoms with Gasteiger partial charge in [0.2, 0.25) is 0 Å². The monoisotopic (exact) mass is 454 g/mol. The standard InChI is InChI=1S/C21H18N4O4S2/c26-21(17-11-18(29-24-17)19-7-4-9-30-19)22-20-12-16(14-5-2-1-3-6-14)23-25(20)15-8-10-31(27,28)13-15/h1-7,9,11-12,15H,8,10,13H2,(H,22,26)/t15-/m0/s1. The largest absolute Gasteiger partial charge is 0.355 e. The Bertz CT molecular complexity index is 1320. The molecule has 1 aromatic carbocycles. The van der Waals surface area contributed by atoms with Gasteiger partial charge < -0.3 is 9.84 Å². The molecule has 0 saturated carbocycles. The summed E-state index contributed by atoms with van der Waals surface area (Å²) in [5.74, 6) is 0.595. The number of aromatic nitrogens is 3. The van der Waals surface area contributed by atoms with Crippen molar-refractivity contribution in [3.63, 3.8) is 0 Å². The molecule has 1 saturated heterocycles. The molecule has 0 aliphatic carbocycles. The van der Waals surface area contributed by atoms with E-state index in [-0.39, 0.29) is 23.2 Å². The van der Waals surface area contributed by atoms with Crippen LogP contribution in [-0.2, 0) is 9.84 Å². The van der Waals surface area contributed by atoms with Gasteiger partial charge in [-0.25, -0.2) is 13.1 Å². The Labute approximate surface area is 182 Å². The van der Waals surface area contributed by atoms with E-state index in [1.165, 1.54) is 11.3 Å². The molecule has 0 unspecified atom stereocenters. The van der Waals surface area contributed by atoms with E-state index in [1.54, 1.807) is 16.8 Å². The molecule has 1 N–H and O–H groups in total. The van der Waals surface area contributed by atoms with Gasteiger partial charge in [-0.05, 0) is 17.9 Å². The molecule has 8 nitrogen and oxygen atoms in total. The lowest BCUT2D eigenvalue weighted by molar-refractivity contribution is 0.101. The van der Waals surface area contributed by atoms with Crippen LogP contribution < -0.4 is 5.32 Å². The molecule has 1 amide bonds. The molecule has 5 rings (SSSR count). The average Bonchev–Trinajstić information content (AvgIpc) is 3.54. The summed E-state index contributed by atoms with van der Waals surface area (Å²) in [5, 5.41) is 13.2. The van der Waals surface area contributed by atoms with Crippen LogP contribution in [0.4, 0.5) is 5.82 Å². The first-order valence-corrected chi connectivity index (χ1v) is 12.4. The third kappa shape index (κ3) is 4.04. The number of rotatable bonds is 5. The van der Waals surface area contributed by atoms with Crippen LogP contribution in [0, 0.1) is 0 Å². The van der Waals surface area contributed by atoms with Crippen LogP contribution in [0.25, 0.3) is 21.9 Å². The van der Waals surface area contributed by atoms with E-state index in [2.05, 4.69) is 15.6 Å². The van der Waals surface area contributed by atoms with Gasteiger partial charge in [0, 0.05) is 17.7 Å². The predicted octanol–water partition coefficient (Wildman–Crippen LogP) is 3.88. The number of hydrogen-bond acceptors (Lipinski definition) is 7. The Morgan fingerprint density at radius 2 is 2.00 bits per heavy atom. The van der Waals surface area contributed by atoms with Crippen molar-refractivity contribution >= 4 is 32.9 Å². The lowest BCUT2D eigenvalue weighted by Gasteiger charge is -2.13. The number of anilines is 1. The third-order valence-corrected chi connectivity index (χ3v) is 7.74. The Balaban J connectivity index is 1.46. The normalized spacial score (nSPS) is 17.6. The zero-order valence-electron chi connectivity index (χ0n) is 16.3. The summed E-state index contributed by atoms with van der Waals surface area (Å²) in [6.45, 7) is 0. The van der Waals surface area contributed by atoms with Crippen molar-refractivity contribution in [2.45, 2.75) is 12.5 Å². The topological polar surface area (TPSA) is 107 Å². The van der Waals surface area contributed by atoms with E-state index in [0.29, 0.717) is 23.7 Å². The minimum absolute atomic E-state index is 0.00172. The molecule has 158 valence electrons. The second-order valence-electron chi connectivity index (χ2n) is 7.29. The zero-order valence-corrected chi connectivity index (χ0v) is 17.9. The van der Waals surface area contributed by atoms with E-state index in [4.69, 9.17) is 4.52 Å². The van der Waals surface area contributed by atoms with Crippen LogP contribution in [0.15, 0.2) is 64.5 Å². The average molecular weight is 455 g/mol. The SMILES string of the molecule is O=C(Nc1cc(-c2ccccc2)nn1[C@H]1CCS(=O)(=O)C1)c1cc(-c2cccs2)on1. The number of hydrogen-bond donors (Lipinski definition) is 1. The van der Waals surface area contributed by atoms with Crippen molar-refractivity contribution in [1.29, 1.82) is 0 Å². The van der Waals surface area contributed by atoms with Crippen molar-refractivity contribution in [1.82, 2.24) is 14.9 Å². The Morgan fingerprint density at radius 3 is 2.71 bits per heavy atom. The van der Waals surface area contributed by atoms with Gasteiger partial charge in [0.1, 0.15) is 5.82 Å². The van der Waals surface area contributed by atoms with E-state index in [9.17, 15) is 13.2 Å². The van der Waals surface area contributed by atoms with Crippen molar-refractivity contribution in [2.75, 3.05) is 16.8 Å². The van der Waals surface area contributed by atoms with Gasteiger partial charge in [-0.1, -0.05) is 41.6 Å². The van der Waals surface area contributed by atoms with Crippen LogP contribution in [0.1, 0.15) is 23.0 Å². The van der Waals surface area contributed by atoms with Crippen molar-refractivity contribution in [2.24, 2.45) is 0 Å². The highest BCUT2D eigenvalue weighted by molar-refractivity contribution is 7.91. The number of nitrogens with one attached hydrogen (secondary N) is 1. The lowest BCUT2D eigenvalue weighted by Crippen LogP contribution is -2.19. The molecule has 1 atom stereocenters. The fraction of sp³-hybridized carbons (Fsp3) is 0.190. The van der Waals surface area contributed by atoms with Gasteiger partial charge in [0.05, 0.1) is 28.1 Å². The van der Waals surface area contributed by atoms with E-state index < -0.39 is 15.7 Å². The molecule has 1 fully saturated rings. The fourth-order valence-corrected chi connectivity index (χ4v) is 5.95. The highest BCUT2D eigenvalue weighted by atomic mass is 32.2. The van der Waals surface area contributed by atoms with Gasteiger partial charge in [-0.15, -0.1) is 11.3 Å². The number of thiophene rings is 1. The highest BCUT2D eigenvalue weighted by Gasteiger charge is 2.32. The maximum Gasteiger partial charge on any atom is 0.279 e. The van der Waals surface area contributed by atoms with Gasteiger partial charge >= 0.3 is 0 Å². The molecule has 1 aliphatic heterocycles. The number of amides is 1. The van der Waals surface area contributed by atoms with Gasteiger partial charge in [-0.3, -0.25) is 4.79 Å².